The molecule has 1 aromatic heterocycles. The molecule has 1 atom stereocenters. The number of carbonyl (C=O) groups is 2. The number of anilines is 2. The lowest BCUT2D eigenvalue weighted by Gasteiger charge is -2.31. The number of methoxy groups -OCH3 is 1. The highest BCUT2D eigenvalue weighted by molar-refractivity contribution is 6.04. The maximum atomic E-state index is 12.9. The third kappa shape index (κ3) is 6.03. The van der Waals surface area contributed by atoms with Gasteiger partial charge in [0.1, 0.15) is 11.6 Å². The van der Waals surface area contributed by atoms with Crippen molar-refractivity contribution in [3.63, 3.8) is 0 Å². The van der Waals surface area contributed by atoms with Crippen molar-refractivity contribution in [1.29, 1.82) is 0 Å². The molecule has 1 aromatic carbocycles. The molecule has 7 nitrogen and oxygen atoms in total. The van der Waals surface area contributed by atoms with E-state index in [2.05, 4.69) is 34.3 Å². The molecule has 1 fully saturated rings. The second-order valence-corrected chi connectivity index (χ2v) is 8.99. The Bertz CT molecular complexity index is 1180. The van der Waals surface area contributed by atoms with Crippen LogP contribution in [0.3, 0.4) is 0 Å². The van der Waals surface area contributed by atoms with Crippen LogP contribution in [0, 0.1) is 12.8 Å². The molecule has 0 spiro atoms. The Balaban J connectivity index is 1.38. The summed E-state index contributed by atoms with van der Waals surface area (Å²) in [5.41, 5.74) is 3.49. The van der Waals surface area contributed by atoms with Crippen molar-refractivity contribution >= 4 is 23.4 Å². The van der Waals surface area contributed by atoms with Crippen LogP contribution in [-0.2, 0) is 14.3 Å². The molecule has 2 aliphatic rings. The summed E-state index contributed by atoms with van der Waals surface area (Å²) in [4.78, 5) is 31.5. The lowest BCUT2D eigenvalue weighted by atomic mass is 9.93. The van der Waals surface area contributed by atoms with Gasteiger partial charge in [-0.05, 0) is 74.2 Å². The van der Waals surface area contributed by atoms with E-state index in [0.717, 1.165) is 54.3 Å². The van der Waals surface area contributed by atoms with Crippen LogP contribution < -0.4 is 10.2 Å². The van der Waals surface area contributed by atoms with E-state index in [1.807, 2.05) is 49.4 Å². The van der Waals surface area contributed by atoms with E-state index < -0.39 is 0 Å². The van der Waals surface area contributed by atoms with Crippen LogP contribution in [0.15, 0.2) is 72.7 Å². The number of aryl methyl sites for hydroxylation is 1. The number of aromatic nitrogens is 1. The van der Waals surface area contributed by atoms with Crippen molar-refractivity contribution in [1.82, 2.24) is 4.98 Å². The van der Waals surface area contributed by atoms with Crippen LogP contribution in [0.25, 0.3) is 0 Å². The van der Waals surface area contributed by atoms with Crippen LogP contribution in [0.2, 0.25) is 0 Å². The number of pyridine rings is 1. The standard InChI is InChI=1S/C29H33N3O4/c1-4-36-29(34)22-14-16-32(17-15-22)27-13-10-23(19-30-27)28(33)31-24-11-8-20(2)26(18-24)21-6-5-7-25(35-3)12-9-21/h5-13,18-19,21-22H,4,14-17H2,1-3H3,(H,31,33). The number of esters is 1. The lowest BCUT2D eigenvalue weighted by molar-refractivity contribution is -0.148. The molecule has 2 heterocycles. The topological polar surface area (TPSA) is 80.8 Å². The van der Waals surface area contributed by atoms with Gasteiger partial charge in [0.05, 0.1) is 25.2 Å². The summed E-state index contributed by atoms with van der Waals surface area (Å²) < 4.78 is 10.5. The first kappa shape index (κ1) is 25.2. The van der Waals surface area contributed by atoms with Crippen LogP contribution in [-0.4, -0.2) is 43.7 Å². The molecule has 7 heteroatoms. The molecule has 0 bridgehead atoms. The summed E-state index contributed by atoms with van der Waals surface area (Å²) in [5, 5.41) is 3.00. The van der Waals surface area contributed by atoms with Gasteiger partial charge >= 0.3 is 5.97 Å². The van der Waals surface area contributed by atoms with E-state index in [1.54, 1.807) is 19.4 Å². The van der Waals surface area contributed by atoms with E-state index in [0.29, 0.717) is 12.2 Å². The minimum atomic E-state index is -0.208. The zero-order valence-electron chi connectivity index (χ0n) is 21.1. The van der Waals surface area contributed by atoms with Crippen LogP contribution in [0.1, 0.15) is 47.2 Å². The van der Waals surface area contributed by atoms with Gasteiger partial charge in [-0.2, -0.15) is 0 Å². The second kappa shape index (κ2) is 11.7. The number of ether oxygens (including phenoxy) is 2. The highest BCUT2D eigenvalue weighted by atomic mass is 16.5. The van der Waals surface area contributed by atoms with E-state index in [9.17, 15) is 9.59 Å². The average molecular weight is 488 g/mol. The number of hydrogen-bond donors (Lipinski definition) is 1. The smallest absolute Gasteiger partial charge is 0.309 e. The van der Waals surface area contributed by atoms with E-state index >= 15 is 0 Å². The summed E-state index contributed by atoms with van der Waals surface area (Å²) in [5.74, 6) is 1.32. The molecule has 4 rings (SSSR count). The van der Waals surface area contributed by atoms with Gasteiger partial charge in [-0.3, -0.25) is 9.59 Å². The zero-order chi connectivity index (χ0) is 25.5. The fourth-order valence-electron chi connectivity index (χ4n) is 4.52. The number of allylic oxidation sites excluding steroid dienone is 5. The van der Waals surface area contributed by atoms with E-state index in [1.165, 1.54) is 0 Å². The fourth-order valence-corrected chi connectivity index (χ4v) is 4.52. The monoisotopic (exact) mass is 487 g/mol. The summed E-state index contributed by atoms with van der Waals surface area (Å²) in [6, 6.07) is 9.60. The largest absolute Gasteiger partial charge is 0.497 e. The molecule has 0 saturated carbocycles. The summed E-state index contributed by atoms with van der Waals surface area (Å²) in [7, 11) is 1.65. The normalized spacial score (nSPS) is 17.8. The van der Waals surface area contributed by atoms with Gasteiger partial charge in [0.25, 0.3) is 5.91 Å². The zero-order valence-corrected chi connectivity index (χ0v) is 21.1. The highest BCUT2D eigenvalue weighted by Gasteiger charge is 2.26. The number of carbonyl (C=O) groups excluding carboxylic acids is 2. The molecular weight excluding hydrogens is 454 g/mol. The van der Waals surface area contributed by atoms with E-state index in [4.69, 9.17) is 9.47 Å². The van der Waals surface area contributed by atoms with Gasteiger partial charge in [0.15, 0.2) is 0 Å². The molecule has 0 radical (unpaired) electrons. The molecule has 188 valence electrons. The van der Waals surface area contributed by atoms with Crippen LogP contribution in [0.5, 0.6) is 0 Å². The molecule has 2 aromatic rings. The summed E-state index contributed by atoms with van der Waals surface area (Å²) in [6.07, 6.45) is 13.2. The van der Waals surface area contributed by atoms with Crippen molar-refractivity contribution < 1.29 is 19.1 Å². The molecule has 1 amide bonds. The Morgan fingerprint density at radius 2 is 1.94 bits per heavy atom. The van der Waals surface area contributed by atoms with Crippen LogP contribution >= 0.6 is 0 Å². The Morgan fingerprint density at radius 1 is 1.14 bits per heavy atom. The Kier molecular flexibility index (Phi) is 8.21. The first-order valence-electron chi connectivity index (χ1n) is 12.4. The first-order valence-corrected chi connectivity index (χ1v) is 12.4. The lowest BCUT2D eigenvalue weighted by Crippen LogP contribution is -2.37. The number of benzene rings is 1. The molecule has 1 unspecified atom stereocenters. The Labute approximate surface area is 212 Å². The predicted molar refractivity (Wildman–Crippen MR) is 141 cm³/mol. The van der Waals surface area contributed by atoms with Gasteiger partial charge < -0.3 is 19.7 Å². The third-order valence-corrected chi connectivity index (χ3v) is 6.63. The quantitative estimate of drug-likeness (QED) is 0.543. The van der Waals surface area contributed by atoms with Crippen molar-refractivity contribution in [3.8, 4) is 0 Å². The van der Waals surface area contributed by atoms with E-state index in [-0.39, 0.29) is 23.7 Å². The Hall–Kier alpha value is -3.87. The molecule has 1 saturated heterocycles. The van der Waals surface area contributed by atoms with Gasteiger partial charge in [-0.25, -0.2) is 4.98 Å². The number of rotatable bonds is 7. The number of amides is 1. The van der Waals surface area contributed by atoms with Crippen molar-refractivity contribution in [2.24, 2.45) is 5.92 Å². The maximum absolute atomic E-state index is 12.9. The number of piperidine rings is 1. The second-order valence-electron chi connectivity index (χ2n) is 8.99. The minimum Gasteiger partial charge on any atom is -0.497 e. The predicted octanol–water partition coefficient (Wildman–Crippen LogP) is 5.16. The molecule has 1 N–H and O–H groups in total. The van der Waals surface area contributed by atoms with Gasteiger partial charge in [-0.1, -0.05) is 24.3 Å². The number of nitrogens with one attached hydrogen (secondary N) is 1. The van der Waals surface area contributed by atoms with Gasteiger partial charge in [0, 0.05) is 30.9 Å². The molecule has 1 aliphatic heterocycles. The minimum absolute atomic E-state index is 0.0482. The average Bonchev–Trinajstić information content (AvgIpc) is 3.16. The third-order valence-electron chi connectivity index (χ3n) is 6.63. The number of hydrogen-bond acceptors (Lipinski definition) is 6. The molecule has 36 heavy (non-hydrogen) atoms. The SMILES string of the molecule is CCOC(=O)C1CCN(c2ccc(C(=O)Nc3ccc(C)c(C4C=CC=C(OC)C=C4)c3)cn2)CC1. The maximum Gasteiger partial charge on any atom is 0.309 e. The summed E-state index contributed by atoms with van der Waals surface area (Å²) >= 11 is 0. The summed E-state index contributed by atoms with van der Waals surface area (Å²) in [6.45, 7) is 5.78. The highest BCUT2D eigenvalue weighted by Crippen LogP contribution is 2.28. The molecule has 1 aliphatic carbocycles. The Morgan fingerprint density at radius 3 is 2.64 bits per heavy atom. The number of nitrogens with zero attached hydrogens (tertiary/aromatic N) is 2. The van der Waals surface area contributed by atoms with Gasteiger partial charge in [0.2, 0.25) is 0 Å². The van der Waals surface area contributed by atoms with Crippen molar-refractivity contribution in [2.45, 2.75) is 32.6 Å². The van der Waals surface area contributed by atoms with Crippen molar-refractivity contribution in [2.75, 3.05) is 37.0 Å². The molecular formula is C29H33N3O4. The van der Waals surface area contributed by atoms with Gasteiger partial charge in [-0.15, -0.1) is 0 Å². The first-order chi connectivity index (χ1) is 17.5. The van der Waals surface area contributed by atoms with Crippen LogP contribution in [0.4, 0.5) is 11.5 Å². The van der Waals surface area contributed by atoms with Crippen molar-refractivity contribution in [3.05, 3.63) is 89.4 Å². The fraction of sp³-hybridized carbons (Fsp3) is 0.345.